The van der Waals surface area contributed by atoms with Gasteiger partial charge in [0.05, 0.1) is 6.10 Å². The Bertz CT molecular complexity index is 141. The second-order valence-corrected chi connectivity index (χ2v) is 1.93. The van der Waals surface area contributed by atoms with E-state index in [1.165, 1.54) is 0 Å². The largest absolute Gasteiger partial charge is 0.473 e. The van der Waals surface area contributed by atoms with Gasteiger partial charge in [-0.15, -0.1) is 0 Å². The van der Waals surface area contributed by atoms with Gasteiger partial charge in [-0.05, 0) is 13.3 Å². The van der Waals surface area contributed by atoms with Crippen LogP contribution in [-0.2, 0) is 14.3 Å². The summed E-state index contributed by atoms with van der Waals surface area (Å²) in [5.41, 5.74) is 0. The van der Waals surface area contributed by atoms with Crippen LogP contribution in [-0.4, -0.2) is 23.1 Å². The minimum atomic E-state index is -1.54. The molecule has 4 heteroatoms. The molecule has 0 amide bonds. The lowest BCUT2D eigenvalue weighted by molar-refractivity contribution is -0.166. The highest BCUT2D eigenvalue weighted by molar-refractivity contribution is 6.28. The third-order valence-electron chi connectivity index (χ3n) is 1.06. The van der Waals surface area contributed by atoms with Gasteiger partial charge in [0.15, 0.2) is 0 Å². The summed E-state index contributed by atoms with van der Waals surface area (Å²) < 4.78 is 4.42. The number of rotatable bonds is 2. The molecule has 0 saturated carbocycles. The van der Waals surface area contributed by atoms with E-state index in [4.69, 9.17) is 5.11 Å². The van der Waals surface area contributed by atoms with Crippen LogP contribution in [0.2, 0.25) is 0 Å². The predicted molar refractivity (Wildman–Crippen MR) is 33.5 cm³/mol. The van der Waals surface area contributed by atoms with Crippen molar-refractivity contribution in [1.29, 1.82) is 0 Å². The number of carboxylic acids is 1. The van der Waals surface area contributed by atoms with Crippen molar-refractivity contribution in [2.45, 2.75) is 26.4 Å². The van der Waals surface area contributed by atoms with Gasteiger partial charge in [0, 0.05) is 0 Å². The molecule has 1 unspecified atom stereocenters. The maximum Gasteiger partial charge on any atom is 0.417 e. The van der Waals surface area contributed by atoms with Crippen molar-refractivity contribution in [1.82, 2.24) is 0 Å². The number of carbonyl (C=O) groups excluding carboxylic acids is 1. The van der Waals surface area contributed by atoms with Crippen molar-refractivity contribution in [3.63, 3.8) is 0 Å². The molecule has 0 radical (unpaired) electrons. The van der Waals surface area contributed by atoms with Crippen molar-refractivity contribution in [3.8, 4) is 0 Å². The third kappa shape index (κ3) is 3.06. The zero-order valence-corrected chi connectivity index (χ0v) is 5.96. The highest BCUT2D eigenvalue weighted by Gasteiger charge is 2.14. The lowest BCUT2D eigenvalue weighted by Crippen LogP contribution is -2.21. The van der Waals surface area contributed by atoms with E-state index in [1.807, 2.05) is 0 Å². The maximum absolute atomic E-state index is 10.3. The molecule has 1 N–H and O–H groups in total. The molecule has 0 heterocycles. The van der Waals surface area contributed by atoms with Crippen molar-refractivity contribution in [2.75, 3.05) is 0 Å². The number of ether oxygens (including phenoxy) is 1. The highest BCUT2D eigenvalue weighted by atomic mass is 16.6. The van der Waals surface area contributed by atoms with Gasteiger partial charge in [0.1, 0.15) is 0 Å². The summed E-state index contributed by atoms with van der Waals surface area (Å²) in [4.78, 5) is 20.2. The minimum absolute atomic E-state index is 0.316. The second-order valence-electron chi connectivity index (χ2n) is 1.93. The number of esters is 1. The molecular weight excluding hydrogens is 136 g/mol. The lowest BCUT2D eigenvalue weighted by Gasteiger charge is -2.06. The predicted octanol–water partition coefficient (Wildman–Crippen LogP) is 0.413. The highest BCUT2D eigenvalue weighted by Crippen LogP contribution is 1.95. The van der Waals surface area contributed by atoms with Gasteiger partial charge < -0.3 is 9.84 Å². The summed E-state index contributed by atoms with van der Waals surface area (Å²) in [6.07, 6.45) is 0.308. The second kappa shape index (κ2) is 3.87. The molecule has 0 aromatic carbocycles. The Hall–Kier alpha value is -1.06. The average Bonchev–Trinajstić information content (AvgIpc) is 1.87. The summed E-state index contributed by atoms with van der Waals surface area (Å²) in [7, 11) is 0. The normalized spacial score (nSPS) is 12.2. The van der Waals surface area contributed by atoms with Crippen molar-refractivity contribution in [3.05, 3.63) is 0 Å². The monoisotopic (exact) mass is 146 g/mol. The minimum Gasteiger partial charge on any atom is -0.473 e. The molecule has 0 rings (SSSR count). The molecule has 0 aliphatic rings. The van der Waals surface area contributed by atoms with Crippen LogP contribution in [0.15, 0.2) is 0 Å². The SMILES string of the molecule is CCC(C)OC(=O)C(=O)O. The van der Waals surface area contributed by atoms with E-state index >= 15 is 0 Å². The Morgan fingerprint density at radius 3 is 2.40 bits per heavy atom. The molecule has 58 valence electrons. The first kappa shape index (κ1) is 8.94. The van der Waals surface area contributed by atoms with Gasteiger partial charge in [-0.3, -0.25) is 0 Å². The molecule has 0 aliphatic heterocycles. The molecule has 0 fully saturated rings. The topological polar surface area (TPSA) is 63.6 Å². The van der Waals surface area contributed by atoms with Gasteiger partial charge in [0.25, 0.3) is 0 Å². The molecule has 0 saturated heterocycles. The third-order valence-corrected chi connectivity index (χ3v) is 1.06. The van der Waals surface area contributed by atoms with Gasteiger partial charge in [-0.2, -0.15) is 0 Å². The molecule has 10 heavy (non-hydrogen) atoms. The van der Waals surface area contributed by atoms with Gasteiger partial charge in [0.2, 0.25) is 0 Å². The quantitative estimate of drug-likeness (QED) is 0.452. The first-order valence-corrected chi connectivity index (χ1v) is 3.01. The zero-order chi connectivity index (χ0) is 8.15. The van der Waals surface area contributed by atoms with Crippen molar-refractivity contribution >= 4 is 11.9 Å². The fraction of sp³-hybridized carbons (Fsp3) is 0.667. The van der Waals surface area contributed by atoms with Crippen molar-refractivity contribution in [2.24, 2.45) is 0 Å². The van der Waals surface area contributed by atoms with Gasteiger partial charge in [-0.1, -0.05) is 6.92 Å². The van der Waals surface area contributed by atoms with E-state index in [1.54, 1.807) is 13.8 Å². The van der Waals surface area contributed by atoms with Crippen molar-refractivity contribution < 1.29 is 19.4 Å². The van der Waals surface area contributed by atoms with E-state index in [0.29, 0.717) is 6.42 Å². The summed E-state index contributed by atoms with van der Waals surface area (Å²) >= 11 is 0. The zero-order valence-electron chi connectivity index (χ0n) is 5.96. The number of carbonyl (C=O) groups is 2. The van der Waals surface area contributed by atoms with Gasteiger partial charge in [-0.25, -0.2) is 9.59 Å². The van der Waals surface area contributed by atoms with E-state index in [9.17, 15) is 9.59 Å². The van der Waals surface area contributed by atoms with E-state index in [0.717, 1.165) is 0 Å². The number of aliphatic carboxylic acids is 1. The Labute approximate surface area is 58.8 Å². The number of hydrogen-bond acceptors (Lipinski definition) is 3. The van der Waals surface area contributed by atoms with Crippen LogP contribution in [0.25, 0.3) is 0 Å². The summed E-state index contributed by atoms with van der Waals surface area (Å²) in [6.45, 7) is 3.45. The smallest absolute Gasteiger partial charge is 0.417 e. The molecule has 0 aromatic rings. The van der Waals surface area contributed by atoms with E-state index in [2.05, 4.69) is 4.74 Å². The summed E-state index contributed by atoms with van der Waals surface area (Å²) in [5, 5.41) is 8.05. The maximum atomic E-state index is 10.3. The molecule has 4 nitrogen and oxygen atoms in total. The fourth-order valence-corrected chi connectivity index (χ4v) is 0.316. The van der Waals surface area contributed by atoms with Crippen LogP contribution < -0.4 is 0 Å². The van der Waals surface area contributed by atoms with Crippen LogP contribution in [0, 0.1) is 0 Å². The number of carboxylic acid groups (broad SMARTS) is 1. The van der Waals surface area contributed by atoms with Crippen LogP contribution in [0.1, 0.15) is 20.3 Å². The molecular formula is C6H10O4. The summed E-state index contributed by atoms with van der Waals surface area (Å²) in [5.74, 6) is -2.73. The Morgan fingerprint density at radius 2 is 2.10 bits per heavy atom. The molecule has 0 aliphatic carbocycles. The molecule has 0 spiro atoms. The fourth-order valence-electron chi connectivity index (χ4n) is 0.316. The van der Waals surface area contributed by atoms with Crippen LogP contribution in [0.5, 0.6) is 0 Å². The average molecular weight is 146 g/mol. The van der Waals surface area contributed by atoms with E-state index < -0.39 is 11.9 Å². The lowest BCUT2D eigenvalue weighted by atomic mass is 10.3. The molecule has 0 bridgehead atoms. The molecule has 0 aromatic heterocycles. The number of hydrogen-bond donors (Lipinski definition) is 1. The standard InChI is InChI=1S/C6H10O4/c1-3-4(2)10-6(9)5(7)8/h4H,3H2,1-2H3,(H,7,8). The first-order chi connectivity index (χ1) is 4.57. The van der Waals surface area contributed by atoms with Crippen LogP contribution in [0.3, 0.4) is 0 Å². The summed E-state index contributed by atoms with van der Waals surface area (Å²) in [6, 6.07) is 0. The van der Waals surface area contributed by atoms with Gasteiger partial charge >= 0.3 is 11.9 Å². The van der Waals surface area contributed by atoms with Crippen LogP contribution >= 0.6 is 0 Å². The van der Waals surface area contributed by atoms with E-state index in [-0.39, 0.29) is 6.10 Å². The van der Waals surface area contributed by atoms with Crippen LogP contribution in [0.4, 0.5) is 0 Å². The Morgan fingerprint density at radius 1 is 1.60 bits per heavy atom. The molecule has 1 atom stereocenters. The first-order valence-electron chi connectivity index (χ1n) is 3.01. The Kier molecular flexibility index (Phi) is 3.46. The Balaban J connectivity index is 3.68.